The molecule has 0 rings (SSSR count). The molecule has 0 aliphatic heterocycles. The van der Waals surface area contributed by atoms with Gasteiger partial charge in [0, 0.05) is 0 Å². The monoisotopic (exact) mass is 306 g/mol. The van der Waals surface area contributed by atoms with E-state index in [4.69, 9.17) is 9.84 Å². The van der Waals surface area contributed by atoms with Crippen LogP contribution in [0.1, 0.15) is 66.2 Å². The first-order chi connectivity index (χ1) is 8.31. The zero-order valence-corrected chi connectivity index (χ0v) is 12.0. The summed E-state index contributed by atoms with van der Waals surface area (Å²) in [7, 11) is 0. The van der Waals surface area contributed by atoms with Gasteiger partial charge in [-0.15, -0.1) is 0 Å². The Balaban J connectivity index is -0.00000144. The molecule has 0 aromatic carbocycles. The Morgan fingerprint density at radius 2 is 1.75 bits per heavy atom. The summed E-state index contributed by atoms with van der Waals surface area (Å²) in [5.41, 5.74) is -0.555. The number of hydrogen-bond donors (Lipinski definition) is 1. The van der Waals surface area contributed by atoms with Gasteiger partial charge in [0.15, 0.2) is 0 Å². The van der Waals surface area contributed by atoms with Gasteiger partial charge in [-0.1, -0.05) is 40.0 Å². The van der Waals surface area contributed by atoms with Crippen molar-refractivity contribution >= 4 is 82.2 Å². The van der Waals surface area contributed by atoms with Crippen molar-refractivity contribution in [3.8, 4) is 0 Å². The molecule has 6 heteroatoms. The predicted molar refractivity (Wildman–Crippen MR) is 84.6 cm³/mol. The van der Waals surface area contributed by atoms with Crippen LogP contribution in [-0.4, -0.2) is 92.9 Å². The molecule has 0 aliphatic rings. The molecule has 0 aliphatic carbocycles. The Morgan fingerprint density at radius 1 is 1.20 bits per heavy atom. The quantitative estimate of drug-likeness (QED) is 0.307. The predicted octanol–water partition coefficient (Wildman–Crippen LogP) is 2.09. The summed E-state index contributed by atoms with van der Waals surface area (Å²) in [5.74, 6) is -1.61. The molecule has 20 heavy (non-hydrogen) atoms. The zero-order valence-electron chi connectivity index (χ0n) is 12.0. The molecule has 0 aromatic rings. The van der Waals surface area contributed by atoms with Crippen LogP contribution in [0.25, 0.3) is 0 Å². The molecule has 0 amide bonds. The second kappa shape index (κ2) is 13.8. The van der Waals surface area contributed by atoms with E-state index in [1.54, 1.807) is 0 Å². The normalized spacial score (nSPS) is 12.8. The Kier molecular flexibility index (Phi) is 18.0. The van der Waals surface area contributed by atoms with Gasteiger partial charge >= 0.3 is 82.2 Å². The van der Waals surface area contributed by atoms with Gasteiger partial charge in [-0.2, -0.15) is 0 Å². The second-order valence-corrected chi connectivity index (χ2v) is 5.32. The van der Waals surface area contributed by atoms with Crippen molar-refractivity contribution < 1.29 is 19.4 Å². The molecule has 0 saturated carbocycles. The number of carbonyl (C=O) groups is 2. The van der Waals surface area contributed by atoms with E-state index < -0.39 is 24.0 Å². The number of aliphatic carboxylic acids is 1. The molecular weight excluding hydrogens is 278 g/mol. The maximum atomic E-state index is 11.5. The minimum absolute atomic E-state index is 0. The summed E-state index contributed by atoms with van der Waals surface area (Å²) < 4.78 is 5.37. The summed E-state index contributed by atoms with van der Waals surface area (Å²) >= 11 is 0. The van der Waals surface area contributed by atoms with Crippen LogP contribution in [0.4, 0.5) is 0 Å². The molecule has 0 fully saturated rings. The first-order valence-corrected chi connectivity index (χ1v) is 6.75. The van der Waals surface area contributed by atoms with Crippen molar-refractivity contribution in [1.29, 1.82) is 0 Å². The van der Waals surface area contributed by atoms with Gasteiger partial charge in [0.2, 0.25) is 0 Å². The van der Waals surface area contributed by atoms with Crippen LogP contribution in [0, 0.1) is 5.92 Å². The number of ether oxygens (including phenoxy) is 1. The molecule has 0 spiro atoms. The molecular formula is C14H28KLiO4. The first kappa shape index (κ1) is 26.1. The molecule has 0 heterocycles. The topological polar surface area (TPSA) is 63.6 Å². The van der Waals surface area contributed by atoms with Crippen LogP contribution in [0.5, 0.6) is 0 Å². The van der Waals surface area contributed by atoms with Gasteiger partial charge in [0.1, 0.15) is 12.0 Å². The van der Waals surface area contributed by atoms with Crippen molar-refractivity contribution in [2.75, 3.05) is 0 Å². The van der Waals surface area contributed by atoms with Crippen molar-refractivity contribution in [3.05, 3.63) is 0 Å². The van der Waals surface area contributed by atoms with E-state index in [0.29, 0.717) is 0 Å². The average molecular weight is 306 g/mol. The molecule has 0 aromatic heterocycles. The van der Waals surface area contributed by atoms with Crippen LogP contribution in [-0.2, 0) is 14.3 Å². The maximum absolute atomic E-state index is 11.5. The number of rotatable bonds is 9. The third-order valence-corrected chi connectivity index (χ3v) is 3.39. The Hall–Kier alpha value is 1.17. The van der Waals surface area contributed by atoms with Crippen LogP contribution in [0.2, 0.25) is 0 Å². The SMILES string of the molecule is CCCCCCC(C)(OC(=O)CC(=O)O)C(C)C.[KH].[LiH]. The Morgan fingerprint density at radius 3 is 2.15 bits per heavy atom. The second-order valence-electron chi connectivity index (χ2n) is 5.32. The van der Waals surface area contributed by atoms with E-state index in [2.05, 4.69) is 6.92 Å². The van der Waals surface area contributed by atoms with Crippen LogP contribution < -0.4 is 0 Å². The Labute approximate surface area is 177 Å². The third-order valence-electron chi connectivity index (χ3n) is 3.39. The van der Waals surface area contributed by atoms with E-state index in [0.717, 1.165) is 25.7 Å². The van der Waals surface area contributed by atoms with Crippen LogP contribution in [0.3, 0.4) is 0 Å². The van der Waals surface area contributed by atoms with E-state index in [1.807, 2.05) is 20.8 Å². The fourth-order valence-corrected chi connectivity index (χ4v) is 1.78. The number of carboxylic acids is 1. The Bertz CT molecular complexity index is 284. The summed E-state index contributed by atoms with van der Waals surface area (Å²) in [6.07, 6.45) is 4.69. The van der Waals surface area contributed by atoms with Crippen molar-refractivity contribution in [3.63, 3.8) is 0 Å². The van der Waals surface area contributed by atoms with Gasteiger partial charge in [-0.25, -0.2) is 0 Å². The number of esters is 1. The average Bonchev–Trinajstić information content (AvgIpc) is 2.22. The molecule has 0 saturated heterocycles. The number of unbranched alkanes of at least 4 members (excludes halogenated alkanes) is 3. The summed E-state index contributed by atoms with van der Waals surface area (Å²) in [6, 6.07) is 0. The van der Waals surface area contributed by atoms with Crippen molar-refractivity contribution in [2.24, 2.45) is 5.92 Å². The van der Waals surface area contributed by atoms with E-state index in [-0.39, 0.29) is 76.2 Å². The summed E-state index contributed by atoms with van der Waals surface area (Å²) in [6.45, 7) is 8.03. The number of hydrogen-bond acceptors (Lipinski definition) is 3. The number of carbonyl (C=O) groups excluding carboxylic acids is 1. The van der Waals surface area contributed by atoms with E-state index in [1.165, 1.54) is 6.42 Å². The van der Waals surface area contributed by atoms with Crippen LogP contribution >= 0.6 is 0 Å². The standard InChI is InChI=1S/C14H26O4.K.Li.2H/c1-5-6-7-8-9-14(4,11(2)3)18-13(17)10-12(15)16;;;;/h11H,5-10H2,1-4H3,(H,15,16);;;;. The van der Waals surface area contributed by atoms with Crippen LogP contribution in [0.15, 0.2) is 0 Å². The van der Waals surface area contributed by atoms with Gasteiger partial charge < -0.3 is 9.84 Å². The molecule has 1 unspecified atom stereocenters. The molecule has 0 bridgehead atoms. The van der Waals surface area contributed by atoms with E-state index in [9.17, 15) is 9.59 Å². The summed E-state index contributed by atoms with van der Waals surface area (Å²) in [5, 5.41) is 8.56. The minimum atomic E-state index is -1.14. The molecule has 110 valence electrons. The van der Waals surface area contributed by atoms with Crippen molar-refractivity contribution in [2.45, 2.75) is 71.8 Å². The molecule has 1 N–H and O–H groups in total. The number of carboxylic acid groups (broad SMARTS) is 1. The summed E-state index contributed by atoms with van der Waals surface area (Å²) in [4.78, 5) is 21.9. The van der Waals surface area contributed by atoms with Gasteiger partial charge in [-0.3, -0.25) is 9.59 Å². The molecule has 1 atom stereocenters. The fraction of sp³-hybridized carbons (Fsp3) is 0.857. The first-order valence-electron chi connectivity index (χ1n) is 6.75. The van der Waals surface area contributed by atoms with Crippen molar-refractivity contribution in [1.82, 2.24) is 0 Å². The van der Waals surface area contributed by atoms with Gasteiger partial charge in [-0.05, 0) is 25.7 Å². The van der Waals surface area contributed by atoms with Gasteiger partial charge in [0.05, 0.1) is 0 Å². The zero-order chi connectivity index (χ0) is 14.2. The van der Waals surface area contributed by atoms with E-state index >= 15 is 0 Å². The molecule has 0 radical (unpaired) electrons. The molecule has 4 nitrogen and oxygen atoms in total. The van der Waals surface area contributed by atoms with Gasteiger partial charge in [0.25, 0.3) is 0 Å². The fourth-order valence-electron chi connectivity index (χ4n) is 1.78. The third kappa shape index (κ3) is 11.8.